The molecule has 8 heteroatoms. The number of H-pyrrole nitrogens is 1. The predicted octanol–water partition coefficient (Wildman–Crippen LogP) is 5.34. The number of aromatic nitrogens is 4. The number of ether oxygens (including phenoxy) is 1. The van der Waals surface area contributed by atoms with Gasteiger partial charge in [-0.3, -0.25) is 5.10 Å². The molecule has 0 radical (unpaired) electrons. The molecular formula is C23H22ClFN4O2. The Balaban J connectivity index is 1.49. The average molecular weight is 441 g/mol. The summed E-state index contributed by atoms with van der Waals surface area (Å²) in [5.41, 5.74) is 1.68. The Morgan fingerprint density at radius 3 is 2.68 bits per heavy atom. The zero-order valence-corrected chi connectivity index (χ0v) is 17.7. The molecule has 0 fully saturated rings. The van der Waals surface area contributed by atoms with Crippen LogP contribution in [0, 0.1) is 5.82 Å². The number of aliphatic hydroxyl groups excluding tert-OH is 1. The Kier molecular flexibility index (Phi) is 6.44. The van der Waals surface area contributed by atoms with E-state index >= 15 is 0 Å². The minimum Gasteiger partial charge on any atom is -0.469 e. The summed E-state index contributed by atoms with van der Waals surface area (Å²) < 4.78 is 19.2. The molecule has 0 aliphatic rings. The molecule has 4 aromatic rings. The Morgan fingerprint density at radius 1 is 1.13 bits per heavy atom. The van der Waals surface area contributed by atoms with Gasteiger partial charge in [0, 0.05) is 11.6 Å². The van der Waals surface area contributed by atoms with Crippen molar-refractivity contribution in [3.63, 3.8) is 0 Å². The molecule has 0 saturated heterocycles. The topological polar surface area (TPSA) is 83.9 Å². The monoisotopic (exact) mass is 440 g/mol. The quantitative estimate of drug-likeness (QED) is 0.386. The van der Waals surface area contributed by atoms with Crippen LogP contribution in [0.2, 0.25) is 5.02 Å². The Labute approximate surface area is 184 Å². The van der Waals surface area contributed by atoms with E-state index in [-0.39, 0.29) is 17.5 Å². The summed E-state index contributed by atoms with van der Waals surface area (Å²) >= 11 is 5.84. The predicted molar refractivity (Wildman–Crippen MR) is 116 cm³/mol. The van der Waals surface area contributed by atoms with Gasteiger partial charge >= 0.3 is 0 Å². The molecule has 0 saturated carbocycles. The van der Waals surface area contributed by atoms with E-state index in [1.54, 1.807) is 6.07 Å². The number of pyridine rings is 1. The molecule has 2 heterocycles. The van der Waals surface area contributed by atoms with Crippen LogP contribution in [0.15, 0.2) is 55.0 Å². The highest BCUT2D eigenvalue weighted by molar-refractivity contribution is 6.30. The average Bonchev–Trinajstić information content (AvgIpc) is 3.31. The second-order valence-electron chi connectivity index (χ2n) is 7.45. The summed E-state index contributed by atoms with van der Waals surface area (Å²) in [5, 5.41) is 19.1. The lowest BCUT2D eigenvalue weighted by molar-refractivity contribution is 0.162. The molecule has 0 amide bonds. The highest BCUT2D eigenvalue weighted by Crippen LogP contribution is 2.34. The summed E-state index contributed by atoms with van der Waals surface area (Å²) in [5.74, 6) is 0.808. The van der Waals surface area contributed by atoms with Crippen LogP contribution in [0.5, 0.6) is 5.88 Å². The first-order valence-corrected chi connectivity index (χ1v) is 10.4. The third-order valence-electron chi connectivity index (χ3n) is 5.33. The summed E-state index contributed by atoms with van der Waals surface area (Å²) in [7, 11) is 0. The number of benzene rings is 2. The van der Waals surface area contributed by atoms with Crippen molar-refractivity contribution < 1.29 is 14.2 Å². The van der Waals surface area contributed by atoms with Crippen molar-refractivity contribution in [3.05, 3.63) is 82.8 Å². The molecule has 6 nitrogen and oxygen atoms in total. The second-order valence-corrected chi connectivity index (χ2v) is 7.86. The fraction of sp³-hybridized carbons (Fsp3) is 0.261. The zero-order chi connectivity index (χ0) is 21.8. The van der Waals surface area contributed by atoms with Crippen molar-refractivity contribution in [1.29, 1.82) is 0 Å². The number of nitrogens with one attached hydrogen (secondary N) is 1. The van der Waals surface area contributed by atoms with Gasteiger partial charge < -0.3 is 9.84 Å². The van der Waals surface area contributed by atoms with Gasteiger partial charge in [0.2, 0.25) is 5.88 Å². The molecule has 2 N–H and O–H groups in total. The number of aliphatic hydroxyl groups is 1. The van der Waals surface area contributed by atoms with Gasteiger partial charge in [0.15, 0.2) is 5.82 Å². The molecule has 2 aromatic carbocycles. The van der Waals surface area contributed by atoms with Crippen molar-refractivity contribution in [3.8, 4) is 5.88 Å². The number of hydrogen-bond acceptors (Lipinski definition) is 5. The van der Waals surface area contributed by atoms with Crippen molar-refractivity contribution in [1.82, 2.24) is 20.2 Å². The Hall–Kier alpha value is -3.03. The van der Waals surface area contributed by atoms with Crippen LogP contribution in [-0.2, 0) is 6.61 Å². The highest BCUT2D eigenvalue weighted by Gasteiger charge is 2.17. The first-order chi connectivity index (χ1) is 15.0. The smallest absolute Gasteiger partial charge is 0.221 e. The molecule has 0 aliphatic carbocycles. The van der Waals surface area contributed by atoms with Crippen LogP contribution in [-0.4, -0.2) is 25.3 Å². The summed E-state index contributed by atoms with van der Waals surface area (Å²) in [6.07, 6.45) is 3.78. The van der Waals surface area contributed by atoms with Crippen LogP contribution in [0.25, 0.3) is 10.8 Å². The molecular weight excluding hydrogens is 419 g/mol. The molecule has 31 heavy (non-hydrogen) atoms. The maximum Gasteiger partial charge on any atom is 0.221 e. The summed E-state index contributed by atoms with van der Waals surface area (Å²) in [6, 6.07) is 12.3. The van der Waals surface area contributed by atoms with E-state index in [0.717, 1.165) is 22.8 Å². The molecule has 0 aliphatic heterocycles. The van der Waals surface area contributed by atoms with E-state index in [9.17, 15) is 9.50 Å². The third kappa shape index (κ3) is 4.84. The minimum absolute atomic E-state index is 0.0145. The fourth-order valence-corrected chi connectivity index (χ4v) is 3.77. The lowest BCUT2D eigenvalue weighted by Gasteiger charge is -2.18. The van der Waals surface area contributed by atoms with E-state index in [2.05, 4.69) is 27.1 Å². The van der Waals surface area contributed by atoms with Gasteiger partial charge in [-0.15, -0.1) is 0 Å². The molecule has 0 bridgehead atoms. The number of nitrogens with zero attached hydrogens (tertiary/aromatic N) is 3. The zero-order valence-electron chi connectivity index (χ0n) is 16.9. The first-order valence-electron chi connectivity index (χ1n) is 10.0. The lowest BCUT2D eigenvalue weighted by atomic mass is 9.91. The number of aromatic amines is 1. The maximum atomic E-state index is 13.4. The van der Waals surface area contributed by atoms with Gasteiger partial charge in [0.1, 0.15) is 18.8 Å². The SMILES string of the molecule is CC(CCC(O)c1ccc(F)c(Cl)c1)c1cnc(OCc2ncn[nH]2)c2ccccc12. The normalized spacial score (nSPS) is 13.3. The summed E-state index contributed by atoms with van der Waals surface area (Å²) in [6.45, 7) is 2.35. The maximum absolute atomic E-state index is 13.4. The number of halogens is 2. The van der Waals surface area contributed by atoms with Gasteiger partial charge in [0.25, 0.3) is 0 Å². The fourth-order valence-electron chi connectivity index (χ4n) is 3.58. The van der Waals surface area contributed by atoms with E-state index in [1.807, 2.05) is 30.5 Å². The molecule has 0 spiro atoms. The van der Waals surface area contributed by atoms with Gasteiger partial charge in [-0.1, -0.05) is 42.8 Å². The van der Waals surface area contributed by atoms with Crippen LogP contribution >= 0.6 is 11.6 Å². The van der Waals surface area contributed by atoms with Gasteiger partial charge in [-0.05, 0) is 53.5 Å². The standard InChI is InChI=1S/C23H22ClFN4O2/c1-14(6-9-21(30)15-7-8-20(25)19(24)10-15)18-11-26-23(17-5-3-2-4-16(17)18)31-12-22-27-13-28-29-22/h2-5,7-8,10-11,13-14,21,30H,6,9,12H2,1H3,(H,27,28,29). The molecule has 2 atom stereocenters. The van der Waals surface area contributed by atoms with Crippen molar-refractivity contribution >= 4 is 22.4 Å². The van der Waals surface area contributed by atoms with Crippen molar-refractivity contribution in [2.45, 2.75) is 38.4 Å². The van der Waals surface area contributed by atoms with E-state index in [1.165, 1.54) is 18.5 Å². The third-order valence-corrected chi connectivity index (χ3v) is 5.62. The minimum atomic E-state index is -0.718. The van der Waals surface area contributed by atoms with Crippen LogP contribution < -0.4 is 4.74 Å². The molecule has 160 valence electrons. The largest absolute Gasteiger partial charge is 0.469 e. The molecule has 2 aromatic heterocycles. The van der Waals surface area contributed by atoms with Crippen molar-refractivity contribution in [2.75, 3.05) is 0 Å². The van der Waals surface area contributed by atoms with Crippen LogP contribution in [0.3, 0.4) is 0 Å². The van der Waals surface area contributed by atoms with Gasteiger partial charge in [-0.25, -0.2) is 14.4 Å². The number of rotatable bonds is 8. The lowest BCUT2D eigenvalue weighted by Crippen LogP contribution is -2.04. The van der Waals surface area contributed by atoms with E-state index < -0.39 is 11.9 Å². The van der Waals surface area contributed by atoms with Crippen LogP contribution in [0.4, 0.5) is 4.39 Å². The van der Waals surface area contributed by atoms with Crippen molar-refractivity contribution in [2.24, 2.45) is 0 Å². The molecule has 4 rings (SSSR count). The number of fused-ring (bicyclic) bond motifs is 1. The Morgan fingerprint density at radius 2 is 1.94 bits per heavy atom. The van der Waals surface area contributed by atoms with Crippen LogP contribution in [0.1, 0.15) is 48.7 Å². The Bertz CT molecular complexity index is 1170. The van der Waals surface area contributed by atoms with E-state index in [4.69, 9.17) is 16.3 Å². The highest BCUT2D eigenvalue weighted by atomic mass is 35.5. The first kappa shape index (κ1) is 21.2. The number of hydrogen-bond donors (Lipinski definition) is 2. The molecule has 2 unspecified atom stereocenters. The summed E-state index contributed by atoms with van der Waals surface area (Å²) in [4.78, 5) is 8.59. The van der Waals surface area contributed by atoms with Gasteiger partial charge in [0.05, 0.1) is 11.1 Å². The van der Waals surface area contributed by atoms with Gasteiger partial charge in [-0.2, -0.15) is 5.10 Å². The second kappa shape index (κ2) is 9.41. The van der Waals surface area contributed by atoms with E-state index in [0.29, 0.717) is 23.7 Å².